The third kappa shape index (κ3) is 4.21. The number of rotatable bonds is 4. The van der Waals surface area contributed by atoms with Crippen LogP contribution in [0.2, 0.25) is 0 Å². The van der Waals surface area contributed by atoms with Crippen LogP contribution in [0.3, 0.4) is 0 Å². The molecule has 0 aliphatic carbocycles. The van der Waals surface area contributed by atoms with Crippen LogP contribution in [0.5, 0.6) is 0 Å². The number of hydrogen-bond donors (Lipinski definition) is 1. The number of nitrogens with zero attached hydrogens (tertiary/aromatic N) is 1. The lowest BCUT2D eigenvalue weighted by Gasteiger charge is -2.36. The molecule has 1 heterocycles. The second kappa shape index (κ2) is 7.29. The fourth-order valence-corrected chi connectivity index (χ4v) is 3.58. The molecule has 2 N–H and O–H groups in total. The molecule has 0 aromatic heterocycles. The number of nitrogens with two attached hydrogens (primary N) is 1. The van der Waals surface area contributed by atoms with Gasteiger partial charge in [-0.3, -0.25) is 4.90 Å². The van der Waals surface area contributed by atoms with Crippen molar-refractivity contribution < 1.29 is 0 Å². The highest BCUT2D eigenvalue weighted by Gasteiger charge is 2.26. The molecular weight excluding hydrogens is 280 g/mol. The number of hydrogen-bond acceptors (Lipinski definition) is 2. The molecule has 0 saturated carbocycles. The van der Waals surface area contributed by atoms with Crippen LogP contribution in [-0.2, 0) is 13.0 Å². The molecule has 2 heteroatoms. The molecule has 0 radical (unpaired) electrons. The summed E-state index contributed by atoms with van der Waals surface area (Å²) in [6.07, 6.45) is 2.19. The molecule has 3 rings (SSSR count). The van der Waals surface area contributed by atoms with Crippen molar-refractivity contribution in [3.05, 3.63) is 70.8 Å². The number of aryl methyl sites for hydroxylation is 2. The summed E-state index contributed by atoms with van der Waals surface area (Å²) in [5.41, 5.74) is 11.9. The Morgan fingerprint density at radius 3 is 2.26 bits per heavy atom. The van der Waals surface area contributed by atoms with Gasteiger partial charge < -0.3 is 5.73 Å². The van der Waals surface area contributed by atoms with Gasteiger partial charge in [-0.1, -0.05) is 61.0 Å². The molecule has 1 aliphatic rings. The predicted octanol–water partition coefficient (Wildman–Crippen LogP) is 3.87. The summed E-state index contributed by atoms with van der Waals surface area (Å²) in [6.45, 7) is 7.44. The first-order valence-electron chi connectivity index (χ1n) is 8.76. The lowest BCUT2D eigenvalue weighted by Crippen LogP contribution is -2.45. The van der Waals surface area contributed by atoms with E-state index in [4.69, 9.17) is 5.73 Å². The van der Waals surface area contributed by atoms with Crippen LogP contribution in [0.25, 0.3) is 0 Å². The van der Waals surface area contributed by atoms with E-state index in [1.807, 2.05) is 0 Å². The average molecular weight is 308 g/mol. The maximum atomic E-state index is 6.35. The van der Waals surface area contributed by atoms with Crippen molar-refractivity contribution in [1.29, 1.82) is 0 Å². The standard InChI is InChI=1S/C21H28N2/c1-3-17-8-10-19(11-9-17)20-12-21(22)15-23(14-20)13-18-6-4-16(2)5-7-18/h4-11,20-21H,3,12-15,22H2,1-2H3. The first-order chi connectivity index (χ1) is 11.1. The highest BCUT2D eigenvalue weighted by atomic mass is 15.1. The molecule has 2 unspecified atom stereocenters. The molecule has 2 aromatic rings. The van der Waals surface area contributed by atoms with Crippen LogP contribution >= 0.6 is 0 Å². The minimum atomic E-state index is 0.269. The fraction of sp³-hybridized carbons (Fsp3) is 0.429. The zero-order valence-corrected chi connectivity index (χ0v) is 14.3. The third-order valence-corrected chi connectivity index (χ3v) is 4.94. The molecule has 0 bridgehead atoms. The van der Waals surface area contributed by atoms with Gasteiger partial charge >= 0.3 is 0 Å². The van der Waals surface area contributed by atoms with Gasteiger partial charge in [0.1, 0.15) is 0 Å². The van der Waals surface area contributed by atoms with Gasteiger partial charge in [0.15, 0.2) is 0 Å². The van der Waals surface area contributed by atoms with E-state index in [0.717, 1.165) is 32.5 Å². The maximum Gasteiger partial charge on any atom is 0.0234 e. The van der Waals surface area contributed by atoms with Gasteiger partial charge in [0.25, 0.3) is 0 Å². The molecule has 1 saturated heterocycles. The number of benzene rings is 2. The number of piperidine rings is 1. The summed E-state index contributed by atoms with van der Waals surface area (Å²) in [6, 6.07) is 18.3. The van der Waals surface area contributed by atoms with Gasteiger partial charge in [0.05, 0.1) is 0 Å². The number of likely N-dealkylation sites (tertiary alicyclic amines) is 1. The third-order valence-electron chi connectivity index (χ3n) is 4.94. The first-order valence-corrected chi connectivity index (χ1v) is 8.76. The van der Waals surface area contributed by atoms with Crippen molar-refractivity contribution >= 4 is 0 Å². The van der Waals surface area contributed by atoms with Crippen LogP contribution in [0, 0.1) is 6.92 Å². The van der Waals surface area contributed by atoms with Crippen LogP contribution in [-0.4, -0.2) is 24.0 Å². The Labute approximate surface area is 140 Å². The molecular formula is C21H28N2. The van der Waals surface area contributed by atoms with E-state index in [1.165, 1.54) is 22.3 Å². The van der Waals surface area contributed by atoms with Gasteiger partial charge in [0, 0.05) is 25.7 Å². The van der Waals surface area contributed by atoms with Crippen LogP contribution in [0.1, 0.15) is 41.5 Å². The van der Waals surface area contributed by atoms with Crippen LogP contribution in [0.15, 0.2) is 48.5 Å². The molecule has 0 amide bonds. The summed E-state index contributed by atoms with van der Waals surface area (Å²) in [4.78, 5) is 2.51. The Morgan fingerprint density at radius 2 is 1.61 bits per heavy atom. The van der Waals surface area contributed by atoms with Crippen molar-refractivity contribution in [1.82, 2.24) is 4.90 Å². The van der Waals surface area contributed by atoms with E-state index in [2.05, 4.69) is 67.3 Å². The monoisotopic (exact) mass is 308 g/mol. The lowest BCUT2D eigenvalue weighted by molar-refractivity contribution is 0.181. The van der Waals surface area contributed by atoms with E-state index in [1.54, 1.807) is 0 Å². The smallest absolute Gasteiger partial charge is 0.0234 e. The van der Waals surface area contributed by atoms with Crippen molar-refractivity contribution in [2.45, 2.75) is 45.2 Å². The van der Waals surface area contributed by atoms with E-state index in [-0.39, 0.29) is 6.04 Å². The van der Waals surface area contributed by atoms with Gasteiger partial charge in [-0.15, -0.1) is 0 Å². The van der Waals surface area contributed by atoms with Crippen molar-refractivity contribution in [3.8, 4) is 0 Å². The van der Waals surface area contributed by atoms with Gasteiger partial charge in [-0.2, -0.15) is 0 Å². The zero-order valence-electron chi connectivity index (χ0n) is 14.3. The molecule has 122 valence electrons. The quantitative estimate of drug-likeness (QED) is 0.929. The van der Waals surface area contributed by atoms with Crippen molar-refractivity contribution in [2.24, 2.45) is 5.73 Å². The summed E-state index contributed by atoms with van der Waals surface area (Å²) in [7, 11) is 0. The summed E-state index contributed by atoms with van der Waals surface area (Å²) in [5, 5.41) is 0. The fourth-order valence-electron chi connectivity index (χ4n) is 3.58. The van der Waals surface area contributed by atoms with Gasteiger partial charge in [-0.25, -0.2) is 0 Å². The lowest BCUT2D eigenvalue weighted by atomic mass is 9.87. The van der Waals surface area contributed by atoms with Crippen LogP contribution < -0.4 is 5.73 Å². The highest BCUT2D eigenvalue weighted by Crippen LogP contribution is 2.27. The molecule has 2 nitrogen and oxygen atoms in total. The predicted molar refractivity (Wildman–Crippen MR) is 97.6 cm³/mol. The molecule has 1 aliphatic heterocycles. The Balaban J connectivity index is 1.69. The van der Waals surface area contributed by atoms with Gasteiger partial charge in [0.2, 0.25) is 0 Å². The van der Waals surface area contributed by atoms with Crippen LogP contribution in [0.4, 0.5) is 0 Å². The summed E-state index contributed by atoms with van der Waals surface area (Å²) < 4.78 is 0. The molecule has 1 fully saturated rings. The minimum absolute atomic E-state index is 0.269. The SMILES string of the molecule is CCc1ccc(C2CC(N)CN(Cc3ccc(C)cc3)C2)cc1. The second-order valence-corrected chi connectivity index (χ2v) is 6.97. The topological polar surface area (TPSA) is 29.3 Å². The van der Waals surface area contributed by atoms with Crippen molar-refractivity contribution in [2.75, 3.05) is 13.1 Å². The summed E-state index contributed by atoms with van der Waals surface area (Å²) >= 11 is 0. The van der Waals surface area contributed by atoms with E-state index < -0.39 is 0 Å². The van der Waals surface area contributed by atoms with E-state index >= 15 is 0 Å². The normalized spacial score (nSPS) is 22.2. The molecule has 0 spiro atoms. The van der Waals surface area contributed by atoms with Crippen molar-refractivity contribution in [3.63, 3.8) is 0 Å². The molecule has 23 heavy (non-hydrogen) atoms. The molecule has 2 aromatic carbocycles. The molecule has 2 atom stereocenters. The zero-order chi connectivity index (χ0) is 16.2. The Bertz CT molecular complexity index is 615. The first kappa shape index (κ1) is 16.2. The second-order valence-electron chi connectivity index (χ2n) is 6.97. The maximum absolute atomic E-state index is 6.35. The Hall–Kier alpha value is -1.64. The largest absolute Gasteiger partial charge is 0.327 e. The van der Waals surface area contributed by atoms with E-state index in [9.17, 15) is 0 Å². The Kier molecular flexibility index (Phi) is 5.14. The minimum Gasteiger partial charge on any atom is -0.327 e. The van der Waals surface area contributed by atoms with Gasteiger partial charge in [-0.05, 0) is 42.4 Å². The average Bonchev–Trinajstić information content (AvgIpc) is 2.56. The highest BCUT2D eigenvalue weighted by molar-refractivity contribution is 5.27. The summed E-state index contributed by atoms with van der Waals surface area (Å²) in [5.74, 6) is 0.551. The Morgan fingerprint density at radius 1 is 0.957 bits per heavy atom. The van der Waals surface area contributed by atoms with E-state index in [0.29, 0.717) is 5.92 Å².